The predicted octanol–water partition coefficient (Wildman–Crippen LogP) is 3.24. The summed E-state index contributed by atoms with van der Waals surface area (Å²) in [7, 11) is 3.73. The van der Waals surface area contributed by atoms with Crippen LogP contribution in [0.15, 0.2) is 24.4 Å². The molecule has 0 spiro atoms. The number of aryl methyl sites for hydroxylation is 1. The van der Waals surface area contributed by atoms with Crippen molar-refractivity contribution in [1.82, 2.24) is 20.3 Å². The van der Waals surface area contributed by atoms with E-state index in [1.54, 1.807) is 30.7 Å². The highest BCUT2D eigenvalue weighted by atomic mass is 35.5. The van der Waals surface area contributed by atoms with E-state index in [9.17, 15) is 9.59 Å². The van der Waals surface area contributed by atoms with Crippen LogP contribution >= 0.6 is 23.2 Å². The van der Waals surface area contributed by atoms with Crippen molar-refractivity contribution in [1.29, 1.82) is 0 Å². The van der Waals surface area contributed by atoms with Crippen molar-refractivity contribution in [2.75, 3.05) is 20.1 Å². The molecule has 2 aromatic rings. The van der Waals surface area contributed by atoms with Crippen LogP contribution in [0.2, 0.25) is 10.0 Å². The number of hydroxylamine groups is 1. The summed E-state index contributed by atoms with van der Waals surface area (Å²) in [6.07, 6.45) is 4.57. The number of amides is 2. The second kappa shape index (κ2) is 10.4. The molecule has 2 heterocycles. The Labute approximate surface area is 191 Å². The fourth-order valence-corrected chi connectivity index (χ4v) is 4.12. The first-order valence-corrected chi connectivity index (χ1v) is 10.8. The molecule has 31 heavy (non-hydrogen) atoms. The minimum absolute atomic E-state index is 0.0470. The van der Waals surface area contributed by atoms with Gasteiger partial charge in [-0.15, -0.1) is 0 Å². The third-order valence-electron chi connectivity index (χ3n) is 5.50. The molecule has 8 nitrogen and oxygen atoms in total. The summed E-state index contributed by atoms with van der Waals surface area (Å²) in [4.78, 5) is 27.3. The lowest BCUT2D eigenvalue weighted by molar-refractivity contribution is 0.0702. The fourth-order valence-electron chi connectivity index (χ4n) is 3.80. The number of hydrogen-bond acceptors (Lipinski definition) is 5. The molecule has 168 valence electrons. The molecule has 3 N–H and O–H groups in total. The Morgan fingerprint density at radius 3 is 2.65 bits per heavy atom. The molecule has 1 unspecified atom stereocenters. The van der Waals surface area contributed by atoms with Crippen molar-refractivity contribution in [3.8, 4) is 5.75 Å². The number of nitrogens with zero attached hydrogens (tertiary/aromatic N) is 2. The summed E-state index contributed by atoms with van der Waals surface area (Å²) >= 11 is 12.0. The number of benzene rings is 1. The van der Waals surface area contributed by atoms with Crippen molar-refractivity contribution < 1.29 is 19.5 Å². The number of hydrogen-bond donors (Lipinski definition) is 3. The molecule has 0 bridgehead atoms. The van der Waals surface area contributed by atoms with Gasteiger partial charge in [-0.1, -0.05) is 29.3 Å². The van der Waals surface area contributed by atoms with Crippen LogP contribution in [0.5, 0.6) is 5.75 Å². The predicted molar refractivity (Wildman–Crippen MR) is 118 cm³/mol. The molecule has 0 radical (unpaired) electrons. The number of aromatic nitrogens is 1. The van der Waals surface area contributed by atoms with Crippen LogP contribution in [0.4, 0.5) is 0 Å². The van der Waals surface area contributed by atoms with Crippen LogP contribution < -0.4 is 15.5 Å². The van der Waals surface area contributed by atoms with Crippen LogP contribution in [0.25, 0.3) is 0 Å². The Morgan fingerprint density at radius 1 is 1.23 bits per heavy atom. The van der Waals surface area contributed by atoms with E-state index in [0.717, 1.165) is 19.4 Å². The number of likely N-dealkylation sites (tertiary alicyclic amines) is 1. The standard InChI is InChI=1S/C21H26Cl2N4O4/c1-26-9-3-4-14(26)7-8-24-21(29)18-19(15(11-27(18)2)20(28)25-30)31-12-13-5-6-16(22)17(23)10-13/h5-6,10-11,14,30H,3-4,7-9,12H2,1-2H3,(H,24,29)(H,25,28). The van der Waals surface area contributed by atoms with Crippen molar-refractivity contribution in [2.24, 2.45) is 7.05 Å². The minimum Gasteiger partial charge on any atom is -0.486 e. The summed E-state index contributed by atoms with van der Waals surface area (Å²) in [5.74, 6) is -1.05. The summed E-state index contributed by atoms with van der Waals surface area (Å²) in [5.41, 5.74) is 2.55. The molecule has 2 amide bonds. The number of ether oxygens (including phenoxy) is 1. The maximum absolute atomic E-state index is 12.9. The average molecular weight is 469 g/mol. The van der Waals surface area contributed by atoms with Crippen molar-refractivity contribution >= 4 is 35.0 Å². The van der Waals surface area contributed by atoms with Gasteiger partial charge in [0, 0.05) is 25.8 Å². The Bertz CT molecular complexity index is 963. The molecule has 10 heteroatoms. The molecule has 1 atom stereocenters. The van der Waals surface area contributed by atoms with E-state index in [0.29, 0.717) is 28.2 Å². The van der Waals surface area contributed by atoms with Gasteiger partial charge in [-0.2, -0.15) is 0 Å². The second-order valence-electron chi connectivity index (χ2n) is 7.63. The van der Waals surface area contributed by atoms with Crippen molar-refractivity contribution in [3.63, 3.8) is 0 Å². The Balaban J connectivity index is 1.76. The summed E-state index contributed by atoms with van der Waals surface area (Å²) in [5, 5.41) is 12.8. The normalized spacial score (nSPS) is 16.4. The highest BCUT2D eigenvalue weighted by molar-refractivity contribution is 6.42. The van der Waals surface area contributed by atoms with E-state index in [4.69, 9.17) is 33.1 Å². The van der Waals surface area contributed by atoms with Crippen molar-refractivity contribution in [3.05, 3.63) is 51.3 Å². The maximum atomic E-state index is 12.9. The smallest absolute Gasteiger partial charge is 0.279 e. The van der Waals surface area contributed by atoms with Gasteiger partial charge in [-0.25, -0.2) is 5.48 Å². The third kappa shape index (κ3) is 5.51. The monoisotopic (exact) mass is 468 g/mol. The number of carbonyl (C=O) groups excluding carboxylic acids is 2. The maximum Gasteiger partial charge on any atom is 0.279 e. The van der Waals surface area contributed by atoms with Crippen LogP contribution in [0, 0.1) is 0 Å². The Hall–Kier alpha value is -2.26. The van der Waals surface area contributed by atoms with Crippen LogP contribution in [0.3, 0.4) is 0 Å². The first-order chi connectivity index (χ1) is 14.8. The average Bonchev–Trinajstić information content (AvgIpc) is 3.30. The molecule has 1 aliphatic heterocycles. The number of carbonyl (C=O) groups is 2. The lowest BCUT2D eigenvalue weighted by Gasteiger charge is -2.19. The van der Waals surface area contributed by atoms with E-state index in [2.05, 4.69) is 17.3 Å². The van der Waals surface area contributed by atoms with Gasteiger partial charge in [0.25, 0.3) is 11.8 Å². The zero-order valence-electron chi connectivity index (χ0n) is 17.5. The van der Waals surface area contributed by atoms with E-state index in [1.807, 2.05) is 0 Å². The van der Waals surface area contributed by atoms with Gasteiger partial charge in [-0.05, 0) is 50.6 Å². The number of nitrogens with one attached hydrogen (secondary N) is 2. The molecular weight excluding hydrogens is 443 g/mol. The van der Waals surface area contributed by atoms with Crippen molar-refractivity contribution in [2.45, 2.75) is 31.9 Å². The fraction of sp³-hybridized carbons (Fsp3) is 0.429. The van der Waals surface area contributed by atoms with Gasteiger partial charge in [-0.3, -0.25) is 14.8 Å². The van der Waals surface area contributed by atoms with Crippen LogP contribution in [-0.4, -0.2) is 52.7 Å². The summed E-state index contributed by atoms with van der Waals surface area (Å²) in [6, 6.07) is 5.48. The van der Waals surface area contributed by atoms with Gasteiger partial charge in [0.1, 0.15) is 17.9 Å². The third-order valence-corrected chi connectivity index (χ3v) is 6.24. The van der Waals surface area contributed by atoms with Gasteiger partial charge >= 0.3 is 0 Å². The molecule has 0 aliphatic carbocycles. The summed E-state index contributed by atoms with van der Waals surface area (Å²) < 4.78 is 7.35. The van der Waals surface area contributed by atoms with E-state index < -0.39 is 5.91 Å². The van der Waals surface area contributed by atoms with Gasteiger partial charge in [0.05, 0.1) is 10.0 Å². The molecule has 1 aromatic heterocycles. The van der Waals surface area contributed by atoms with Gasteiger partial charge in [0.15, 0.2) is 5.75 Å². The molecule has 3 rings (SSSR count). The topological polar surface area (TPSA) is 95.8 Å². The van der Waals surface area contributed by atoms with E-state index in [-0.39, 0.29) is 29.5 Å². The zero-order valence-corrected chi connectivity index (χ0v) is 19.0. The molecule has 1 fully saturated rings. The second-order valence-corrected chi connectivity index (χ2v) is 8.45. The summed E-state index contributed by atoms with van der Waals surface area (Å²) in [6.45, 7) is 1.63. The largest absolute Gasteiger partial charge is 0.486 e. The first-order valence-electron chi connectivity index (χ1n) is 10.0. The van der Waals surface area contributed by atoms with E-state index >= 15 is 0 Å². The SMILES string of the molecule is CN1CCCC1CCNC(=O)c1c(OCc2ccc(Cl)c(Cl)c2)c(C(=O)NO)cn1C. The highest BCUT2D eigenvalue weighted by Gasteiger charge is 2.26. The zero-order chi connectivity index (χ0) is 22.5. The number of rotatable bonds is 8. The lowest BCUT2D eigenvalue weighted by atomic mass is 10.1. The number of halogens is 2. The Morgan fingerprint density at radius 2 is 2.00 bits per heavy atom. The highest BCUT2D eigenvalue weighted by Crippen LogP contribution is 2.29. The molecule has 1 aliphatic rings. The van der Waals surface area contributed by atoms with Crippen LogP contribution in [0.1, 0.15) is 45.7 Å². The Kier molecular flexibility index (Phi) is 7.83. The van der Waals surface area contributed by atoms with E-state index in [1.165, 1.54) is 17.2 Å². The lowest BCUT2D eigenvalue weighted by Crippen LogP contribution is -2.32. The minimum atomic E-state index is -0.772. The quantitative estimate of drug-likeness (QED) is 0.408. The van der Waals surface area contributed by atoms with Crippen LogP contribution in [-0.2, 0) is 13.7 Å². The molecular formula is C21H26Cl2N4O4. The van der Waals surface area contributed by atoms with Gasteiger partial charge in [0.2, 0.25) is 0 Å². The molecule has 1 aromatic carbocycles. The van der Waals surface area contributed by atoms with Gasteiger partial charge < -0.3 is 19.5 Å². The molecule has 0 saturated carbocycles. The molecule has 1 saturated heterocycles. The first kappa shape index (κ1) is 23.4.